The second-order valence-electron chi connectivity index (χ2n) is 5.84. The Bertz CT molecular complexity index is 997. The fraction of sp³-hybridized carbons (Fsp3) is 0. The third-order valence-electron chi connectivity index (χ3n) is 4.24. The van der Waals surface area contributed by atoms with Crippen molar-refractivity contribution in [2.24, 2.45) is 0 Å². The fourth-order valence-electron chi connectivity index (χ4n) is 3.03. The molecule has 0 aliphatic rings. The lowest BCUT2D eigenvalue weighted by atomic mass is 10.1. The Balaban J connectivity index is 1.96. The topological polar surface area (TPSA) is 40.5 Å². The molecule has 2 N–H and O–H groups in total. The summed E-state index contributed by atoms with van der Waals surface area (Å²) in [4.78, 5) is 0. The van der Waals surface area contributed by atoms with E-state index < -0.39 is 7.92 Å². The van der Waals surface area contributed by atoms with Crippen molar-refractivity contribution in [3.05, 3.63) is 91.0 Å². The van der Waals surface area contributed by atoms with Crippen LogP contribution in [0, 0.1) is 0 Å². The lowest BCUT2D eigenvalue weighted by molar-refractivity contribution is 0.479. The maximum Gasteiger partial charge on any atom is 0.123 e. The van der Waals surface area contributed by atoms with Gasteiger partial charge in [0.15, 0.2) is 0 Å². The van der Waals surface area contributed by atoms with Crippen molar-refractivity contribution in [1.29, 1.82) is 0 Å². The summed E-state index contributed by atoms with van der Waals surface area (Å²) in [6.45, 7) is 0. The summed E-state index contributed by atoms with van der Waals surface area (Å²) >= 11 is 0. The number of phenols is 2. The molecule has 25 heavy (non-hydrogen) atoms. The van der Waals surface area contributed by atoms with Crippen LogP contribution in [-0.4, -0.2) is 10.2 Å². The van der Waals surface area contributed by atoms with Crippen molar-refractivity contribution in [1.82, 2.24) is 0 Å². The van der Waals surface area contributed by atoms with E-state index in [4.69, 9.17) is 0 Å². The van der Waals surface area contributed by atoms with Crippen LogP contribution in [0.3, 0.4) is 0 Å². The van der Waals surface area contributed by atoms with Crippen LogP contribution in [0.5, 0.6) is 11.5 Å². The average molecular weight is 344 g/mol. The minimum Gasteiger partial charge on any atom is -0.507 e. The van der Waals surface area contributed by atoms with Gasteiger partial charge in [0.05, 0.1) is 0 Å². The fourth-order valence-corrected chi connectivity index (χ4v) is 5.42. The molecule has 0 aliphatic heterocycles. The Morgan fingerprint density at radius 1 is 0.520 bits per heavy atom. The number of hydrogen-bond acceptors (Lipinski definition) is 2. The summed E-state index contributed by atoms with van der Waals surface area (Å²) in [6, 6.07) is 29.3. The number of fused-ring (bicyclic) bond motifs is 1. The first-order valence-corrected chi connectivity index (χ1v) is 9.43. The zero-order chi connectivity index (χ0) is 17.2. The molecule has 122 valence electrons. The molecule has 0 radical (unpaired) electrons. The average Bonchev–Trinajstić information content (AvgIpc) is 2.65. The number of rotatable bonds is 3. The SMILES string of the molecule is Oc1ccccc1P(c1ccc2ccccc2c1)c1ccccc1O. The molecule has 4 aromatic rings. The highest BCUT2D eigenvalue weighted by atomic mass is 31.1. The first-order valence-electron chi connectivity index (χ1n) is 8.09. The van der Waals surface area contributed by atoms with E-state index in [2.05, 4.69) is 30.3 Å². The summed E-state index contributed by atoms with van der Waals surface area (Å²) in [5, 5.41) is 26.0. The summed E-state index contributed by atoms with van der Waals surface area (Å²) in [5.74, 6) is 0.509. The zero-order valence-electron chi connectivity index (χ0n) is 13.5. The molecular weight excluding hydrogens is 327 g/mol. The van der Waals surface area contributed by atoms with Crippen LogP contribution in [0.4, 0.5) is 0 Å². The van der Waals surface area contributed by atoms with Crippen LogP contribution in [0.25, 0.3) is 10.8 Å². The summed E-state index contributed by atoms with van der Waals surface area (Å²) in [7, 11) is -1.06. The van der Waals surface area contributed by atoms with Gasteiger partial charge < -0.3 is 10.2 Å². The molecular formula is C22H17O2P. The smallest absolute Gasteiger partial charge is 0.123 e. The molecule has 0 amide bonds. The van der Waals surface area contributed by atoms with Crippen molar-refractivity contribution >= 4 is 34.6 Å². The van der Waals surface area contributed by atoms with Gasteiger partial charge in [-0.1, -0.05) is 72.8 Å². The van der Waals surface area contributed by atoms with Gasteiger partial charge in [-0.05, 0) is 42.2 Å². The van der Waals surface area contributed by atoms with E-state index >= 15 is 0 Å². The molecule has 0 aromatic heterocycles. The number of phenolic OH excluding ortho intramolecular Hbond substituents is 2. The van der Waals surface area contributed by atoms with Crippen LogP contribution in [-0.2, 0) is 0 Å². The van der Waals surface area contributed by atoms with Crippen molar-refractivity contribution in [3.8, 4) is 11.5 Å². The molecule has 3 heteroatoms. The summed E-state index contributed by atoms with van der Waals surface area (Å²) in [6.07, 6.45) is 0. The minimum atomic E-state index is -1.06. The molecule has 0 atom stereocenters. The first-order chi connectivity index (χ1) is 12.2. The Hall–Kier alpha value is -2.83. The van der Waals surface area contributed by atoms with Crippen LogP contribution in [0.1, 0.15) is 0 Å². The van der Waals surface area contributed by atoms with Crippen molar-refractivity contribution < 1.29 is 10.2 Å². The Kier molecular flexibility index (Phi) is 4.13. The third kappa shape index (κ3) is 2.97. The van der Waals surface area contributed by atoms with Crippen molar-refractivity contribution in [2.75, 3.05) is 0 Å². The first kappa shape index (κ1) is 15.7. The van der Waals surface area contributed by atoms with Gasteiger partial charge in [-0.2, -0.15) is 0 Å². The quantitative estimate of drug-likeness (QED) is 0.551. The van der Waals surface area contributed by atoms with Gasteiger partial charge in [0, 0.05) is 10.6 Å². The molecule has 0 saturated heterocycles. The van der Waals surface area contributed by atoms with Gasteiger partial charge in [-0.3, -0.25) is 0 Å². The van der Waals surface area contributed by atoms with Gasteiger partial charge in [0.1, 0.15) is 11.5 Å². The maximum absolute atomic E-state index is 10.4. The van der Waals surface area contributed by atoms with Crippen LogP contribution in [0.2, 0.25) is 0 Å². The van der Waals surface area contributed by atoms with E-state index in [0.29, 0.717) is 0 Å². The normalized spacial score (nSPS) is 11.1. The number of benzene rings is 4. The highest BCUT2D eigenvalue weighted by Gasteiger charge is 2.22. The Morgan fingerprint density at radius 2 is 1.04 bits per heavy atom. The molecule has 0 heterocycles. The van der Waals surface area contributed by atoms with Gasteiger partial charge in [0.2, 0.25) is 0 Å². The van der Waals surface area contributed by atoms with E-state index in [-0.39, 0.29) is 11.5 Å². The summed E-state index contributed by atoms with van der Waals surface area (Å²) < 4.78 is 0. The molecule has 0 unspecified atom stereocenters. The highest BCUT2D eigenvalue weighted by molar-refractivity contribution is 7.80. The van der Waals surface area contributed by atoms with Crippen LogP contribution >= 0.6 is 7.92 Å². The standard InChI is InChI=1S/C22H17O2P/c23-19-9-3-5-11-21(19)25(22-12-6-4-10-20(22)24)18-14-13-16-7-1-2-8-17(16)15-18/h1-15,23-24H. The molecule has 2 nitrogen and oxygen atoms in total. The Labute approximate surface area is 147 Å². The van der Waals surface area contributed by atoms with E-state index in [1.807, 2.05) is 48.5 Å². The molecule has 0 bridgehead atoms. The van der Waals surface area contributed by atoms with Gasteiger partial charge >= 0.3 is 0 Å². The van der Waals surface area contributed by atoms with Gasteiger partial charge in [-0.15, -0.1) is 0 Å². The predicted octanol–water partition coefficient (Wildman–Crippen LogP) is 4.01. The Morgan fingerprint density at radius 3 is 1.64 bits per heavy atom. The molecule has 0 aliphatic carbocycles. The molecule has 4 rings (SSSR count). The monoisotopic (exact) mass is 344 g/mol. The van der Waals surface area contributed by atoms with Crippen molar-refractivity contribution in [3.63, 3.8) is 0 Å². The van der Waals surface area contributed by atoms with E-state index in [1.54, 1.807) is 12.1 Å². The second kappa shape index (κ2) is 6.58. The van der Waals surface area contributed by atoms with E-state index in [0.717, 1.165) is 21.3 Å². The number of para-hydroxylation sites is 2. The largest absolute Gasteiger partial charge is 0.507 e. The molecule has 0 fully saturated rings. The predicted molar refractivity (Wildman–Crippen MR) is 106 cm³/mol. The highest BCUT2D eigenvalue weighted by Crippen LogP contribution is 2.39. The van der Waals surface area contributed by atoms with Gasteiger partial charge in [-0.25, -0.2) is 0 Å². The summed E-state index contributed by atoms with van der Waals surface area (Å²) in [5.41, 5.74) is 0. The molecule has 0 spiro atoms. The molecule has 0 saturated carbocycles. The lowest BCUT2D eigenvalue weighted by Crippen LogP contribution is -2.21. The van der Waals surface area contributed by atoms with Gasteiger partial charge in [0.25, 0.3) is 0 Å². The van der Waals surface area contributed by atoms with Crippen LogP contribution in [0.15, 0.2) is 91.0 Å². The van der Waals surface area contributed by atoms with E-state index in [1.165, 1.54) is 5.39 Å². The molecule has 4 aromatic carbocycles. The minimum absolute atomic E-state index is 0.255. The number of aromatic hydroxyl groups is 2. The van der Waals surface area contributed by atoms with E-state index in [9.17, 15) is 10.2 Å². The number of hydrogen-bond donors (Lipinski definition) is 2. The second-order valence-corrected chi connectivity index (χ2v) is 8.00. The maximum atomic E-state index is 10.4. The van der Waals surface area contributed by atoms with Crippen LogP contribution < -0.4 is 15.9 Å². The van der Waals surface area contributed by atoms with Crippen molar-refractivity contribution in [2.45, 2.75) is 0 Å². The lowest BCUT2D eigenvalue weighted by Gasteiger charge is -2.21. The zero-order valence-corrected chi connectivity index (χ0v) is 14.4. The third-order valence-corrected chi connectivity index (χ3v) is 6.75.